The lowest BCUT2D eigenvalue weighted by Crippen LogP contribution is -2.50. The highest BCUT2D eigenvalue weighted by Crippen LogP contribution is 2.43. The minimum atomic E-state index is -2.28. The zero-order chi connectivity index (χ0) is 25.4. The van der Waals surface area contributed by atoms with Gasteiger partial charge in [-0.25, -0.2) is 4.79 Å². The van der Waals surface area contributed by atoms with Crippen LogP contribution < -0.4 is 11.2 Å². The molecule has 0 unspecified atom stereocenters. The first kappa shape index (κ1) is 27.8. The molecule has 10 heteroatoms. The van der Waals surface area contributed by atoms with Gasteiger partial charge in [0.15, 0.2) is 29.0 Å². The number of ether oxygens (including phenoxy) is 2. The largest absolute Gasteiger partial charge is 0.493 e. The Morgan fingerprint density at radius 2 is 1.64 bits per heavy atom. The third-order valence-corrected chi connectivity index (χ3v) is 16.3. The summed E-state index contributed by atoms with van der Waals surface area (Å²) in [5, 5.41) is -0.0331. The second kappa shape index (κ2) is 9.65. The monoisotopic (exact) mass is 498 g/mol. The van der Waals surface area contributed by atoms with Gasteiger partial charge in [0.2, 0.25) is 0 Å². The van der Waals surface area contributed by atoms with Gasteiger partial charge in [-0.2, -0.15) is 0 Å². The highest BCUT2D eigenvalue weighted by molar-refractivity contribution is 6.74. The first-order valence-corrected chi connectivity index (χ1v) is 17.3. The standard InChI is InChI=1S/C23H42N2O6Si2/c1-12-28-18-16(15-29-32(8,9)22(2,3)4)30-20(25-14-13-17(26)24-21(25)27)19(18)31-33(10,11)23(5,6)7/h12-14,16,18-20H,1,15H2,2-11H3,(H,24,26,27)/t16-,18-,19-,20-/m1/s1. The fraction of sp³-hybridized carbons (Fsp3) is 0.739. The van der Waals surface area contributed by atoms with Crippen molar-refractivity contribution in [3.63, 3.8) is 0 Å². The van der Waals surface area contributed by atoms with E-state index in [-0.39, 0.29) is 10.1 Å². The van der Waals surface area contributed by atoms with E-state index < -0.39 is 52.4 Å². The third kappa shape index (κ3) is 6.16. The predicted octanol–water partition coefficient (Wildman–Crippen LogP) is 4.37. The number of aromatic nitrogens is 2. The van der Waals surface area contributed by atoms with Gasteiger partial charge >= 0.3 is 5.69 Å². The molecular formula is C23H42N2O6Si2. The zero-order valence-corrected chi connectivity index (χ0v) is 23.9. The van der Waals surface area contributed by atoms with E-state index in [4.69, 9.17) is 18.3 Å². The van der Waals surface area contributed by atoms with Crippen LogP contribution >= 0.6 is 0 Å². The maximum Gasteiger partial charge on any atom is 0.330 e. The van der Waals surface area contributed by atoms with Crippen LogP contribution in [0.25, 0.3) is 0 Å². The van der Waals surface area contributed by atoms with Crippen LogP contribution in [0, 0.1) is 0 Å². The smallest absolute Gasteiger partial charge is 0.330 e. The normalized spacial score (nSPS) is 24.7. The molecule has 0 amide bonds. The molecule has 1 fully saturated rings. The summed E-state index contributed by atoms with van der Waals surface area (Å²) in [6.45, 7) is 25.7. The van der Waals surface area contributed by atoms with Crippen molar-refractivity contribution >= 4 is 16.6 Å². The molecule has 0 spiro atoms. The highest BCUT2D eigenvalue weighted by atomic mass is 28.4. The van der Waals surface area contributed by atoms with Crippen molar-refractivity contribution in [3.05, 3.63) is 45.9 Å². The van der Waals surface area contributed by atoms with E-state index in [1.54, 1.807) is 0 Å². The van der Waals surface area contributed by atoms with Gasteiger partial charge in [-0.05, 0) is 36.3 Å². The van der Waals surface area contributed by atoms with Crippen LogP contribution in [0.3, 0.4) is 0 Å². The SMILES string of the molecule is C=CO[C@H]1[C@@H](O[Si](C)(C)C(C)(C)C)[C@H](n2ccc(=O)[nH]c2=O)O[C@@H]1CO[Si](C)(C)C(C)(C)C. The summed E-state index contributed by atoms with van der Waals surface area (Å²) in [5.74, 6) is 0. The van der Waals surface area contributed by atoms with Crippen LogP contribution in [0.2, 0.25) is 36.3 Å². The highest BCUT2D eigenvalue weighted by Gasteiger charge is 2.53. The molecule has 0 aliphatic carbocycles. The summed E-state index contributed by atoms with van der Waals surface area (Å²) in [6, 6.07) is 1.30. The molecule has 1 aliphatic rings. The molecule has 1 saturated heterocycles. The maximum absolute atomic E-state index is 12.7. The molecule has 2 heterocycles. The van der Waals surface area contributed by atoms with Gasteiger partial charge in [0.1, 0.15) is 12.2 Å². The predicted molar refractivity (Wildman–Crippen MR) is 136 cm³/mol. The van der Waals surface area contributed by atoms with E-state index >= 15 is 0 Å². The topological polar surface area (TPSA) is 91.8 Å². The third-order valence-electron chi connectivity index (χ3n) is 7.32. The summed E-state index contributed by atoms with van der Waals surface area (Å²) < 4.78 is 26.9. The summed E-state index contributed by atoms with van der Waals surface area (Å²) in [7, 11) is -4.33. The van der Waals surface area contributed by atoms with Crippen molar-refractivity contribution in [2.75, 3.05) is 6.61 Å². The first-order chi connectivity index (χ1) is 14.9. The summed E-state index contributed by atoms with van der Waals surface area (Å²) in [5.41, 5.74) is -1.02. The van der Waals surface area contributed by atoms with Crippen LogP contribution in [-0.2, 0) is 18.3 Å². The molecule has 188 valence electrons. The summed E-state index contributed by atoms with van der Waals surface area (Å²) in [6.07, 6.45) is 0.464. The second-order valence-electron chi connectivity index (χ2n) is 11.8. The molecule has 1 aliphatic heterocycles. The van der Waals surface area contributed by atoms with Gasteiger partial charge in [0.05, 0.1) is 12.9 Å². The van der Waals surface area contributed by atoms with Crippen molar-refractivity contribution in [1.29, 1.82) is 0 Å². The minimum absolute atomic E-state index is 0.0344. The Kier molecular flexibility index (Phi) is 8.12. The average Bonchev–Trinajstić information content (AvgIpc) is 2.95. The van der Waals surface area contributed by atoms with Crippen molar-refractivity contribution in [2.45, 2.75) is 102 Å². The zero-order valence-electron chi connectivity index (χ0n) is 21.9. The fourth-order valence-corrected chi connectivity index (χ4v) is 5.42. The molecule has 1 aromatic heterocycles. The molecule has 1 aromatic rings. The van der Waals surface area contributed by atoms with Crippen molar-refractivity contribution in [1.82, 2.24) is 9.55 Å². The average molecular weight is 499 g/mol. The number of hydrogen-bond donors (Lipinski definition) is 1. The van der Waals surface area contributed by atoms with Gasteiger partial charge in [-0.15, -0.1) is 0 Å². The van der Waals surface area contributed by atoms with Gasteiger partial charge in [-0.1, -0.05) is 48.1 Å². The molecule has 4 atom stereocenters. The van der Waals surface area contributed by atoms with E-state index in [2.05, 4.69) is 79.3 Å². The lowest BCUT2D eigenvalue weighted by Gasteiger charge is -2.40. The maximum atomic E-state index is 12.7. The Morgan fingerprint density at radius 3 is 2.12 bits per heavy atom. The lowest BCUT2D eigenvalue weighted by molar-refractivity contribution is -0.0519. The van der Waals surface area contributed by atoms with Gasteiger partial charge in [0, 0.05) is 12.3 Å². The Balaban J connectivity index is 2.48. The Morgan fingerprint density at radius 1 is 1.06 bits per heavy atom. The molecule has 0 bridgehead atoms. The number of rotatable bonds is 8. The Labute approximate surface area is 199 Å². The van der Waals surface area contributed by atoms with Crippen LogP contribution in [0.15, 0.2) is 34.7 Å². The number of H-pyrrole nitrogens is 1. The molecule has 1 N–H and O–H groups in total. The number of nitrogens with one attached hydrogen (secondary N) is 1. The van der Waals surface area contributed by atoms with Crippen LogP contribution in [-0.4, -0.2) is 51.1 Å². The van der Waals surface area contributed by atoms with E-state index in [0.717, 1.165) is 0 Å². The molecule has 0 radical (unpaired) electrons. The number of nitrogens with zero attached hydrogens (tertiary/aromatic N) is 1. The number of hydrogen-bond acceptors (Lipinski definition) is 6. The van der Waals surface area contributed by atoms with E-state index in [1.165, 1.54) is 23.1 Å². The minimum Gasteiger partial charge on any atom is -0.493 e. The Bertz CT molecular complexity index is 942. The quantitative estimate of drug-likeness (QED) is 0.423. The van der Waals surface area contributed by atoms with Crippen LogP contribution in [0.5, 0.6) is 0 Å². The summed E-state index contributed by atoms with van der Waals surface area (Å²) >= 11 is 0. The first-order valence-electron chi connectivity index (χ1n) is 11.5. The van der Waals surface area contributed by atoms with Crippen molar-refractivity contribution < 1.29 is 18.3 Å². The molecule has 33 heavy (non-hydrogen) atoms. The number of aromatic amines is 1. The lowest BCUT2D eigenvalue weighted by atomic mass is 10.1. The van der Waals surface area contributed by atoms with Gasteiger partial charge in [-0.3, -0.25) is 14.3 Å². The summed E-state index contributed by atoms with van der Waals surface area (Å²) in [4.78, 5) is 26.6. The second-order valence-corrected chi connectivity index (χ2v) is 21.3. The van der Waals surface area contributed by atoms with Crippen molar-refractivity contribution in [2.24, 2.45) is 0 Å². The molecular weight excluding hydrogens is 456 g/mol. The molecule has 2 rings (SSSR count). The van der Waals surface area contributed by atoms with Gasteiger partial charge in [0.25, 0.3) is 5.56 Å². The van der Waals surface area contributed by atoms with Crippen molar-refractivity contribution in [3.8, 4) is 0 Å². The van der Waals surface area contributed by atoms with Gasteiger partial charge < -0.3 is 18.3 Å². The Hall–Kier alpha value is -1.47. The van der Waals surface area contributed by atoms with Crippen LogP contribution in [0.1, 0.15) is 47.8 Å². The molecule has 0 saturated carbocycles. The van der Waals surface area contributed by atoms with Crippen LogP contribution in [0.4, 0.5) is 0 Å². The van der Waals surface area contributed by atoms with E-state index in [0.29, 0.717) is 6.61 Å². The fourth-order valence-electron chi connectivity index (χ4n) is 3.12. The molecule has 8 nitrogen and oxygen atoms in total. The molecule has 0 aromatic carbocycles. The van der Waals surface area contributed by atoms with E-state index in [9.17, 15) is 9.59 Å². The van der Waals surface area contributed by atoms with E-state index in [1.807, 2.05) is 0 Å².